The Morgan fingerprint density at radius 3 is 2.12 bits per heavy atom. The maximum Gasteiger partial charge on any atom is 0.314 e. The molecule has 4 atom stereocenters. The molecule has 0 unspecified atom stereocenters. The normalized spacial score (nSPS) is 25.7. The van der Waals surface area contributed by atoms with Gasteiger partial charge in [0.2, 0.25) is 0 Å². The number of hydrogen-bond donors (Lipinski definition) is 0. The van der Waals surface area contributed by atoms with Crippen molar-refractivity contribution in [2.45, 2.75) is 44.3 Å². The zero-order valence-corrected chi connectivity index (χ0v) is 15.0. The quantitative estimate of drug-likeness (QED) is 0.577. The number of benzene rings is 1. The van der Waals surface area contributed by atoms with E-state index in [2.05, 4.69) is 0 Å². The highest BCUT2D eigenvalue weighted by molar-refractivity contribution is 7.95. The Kier molecular flexibility index (Phi) is 6.83. The Balaban J connectivity index is 2.30. The van der Waals surface area contributed by atoms with E-state index < -0.39 is 35.6 Å². The van der Waals surface area contributed by atoms with Crippen LogP contribution < -0.4 is 0 Å². The first-order valence-electron chi connectivity index (χ1n) is 7.73. The molecule has 7 nitrogen and oxygen atoms in total. The van der Waals surface area contributed by atoms with Crippen LogP contribution in [0.3, 0.4) is 0 Å². The molecule has 0 aromatic heterocycles. The average Bonchev–Trinajstić information content (AvgIpc) is 2.55. The molecule has 0 saturated carbocycles. The van der Waals surface area contributed by atoms with Crippen LogP contribution in [0.15, 0.2) is 30.3 Å². The lowest BCUT2D eigenvalue weighted by atomic mass is 9.89. The molecule has 1 aromatic rings. The van der Waals surface area contributed by atoms with Gasteiger partial charge < -0.3 is 18.4 Å². The summed E-state index contributed by atoms with van der Waals surface area (Å²) in [6.45, 7) is 4.02. The minimum atomic E-state index is -0.912. The van der Waals surface area contributed by atoms with E-state index in [0.717, 1.165) is 17.6 Å². The monoisotopic (exact) mass is 368 g/mol. The predicted molar refractivity (Wildman–Crippen MR) is 89.4 cm³/mol. The zero-order chi connectivity index (χ0) is 18.4. The van der Waals surface area contributed by atoms with Crippen LogP contribution in [0.4, 0.5) is 0 Å². The molecular formula is C17H20O7S. The van der Waals surface area contributed by atoms with Crippen molar-refractivity contribution in [1.29, 1.82) is 0 Å². The maximum atomic E-state index is 11.6. The van der Waals surface area contributed by atoms with Crippen molar-refractivity contribution in [1.82, 2.24) is 0 Å². The van der Waals surface area contributed by atoms with Gasteiger partial charge in [-0.05, 0) is 5.56 Å². The van der Waals surface area contributed by atoms with Crippen LogP contribution in [0, 0.1) is 0 Å². The van der Waals surface area contributed by atoms with E-state index in [4.69, 9.17) is 18.4 Å². The molecule has 1 aromatic carbocycles. The highest BCUT2D eigenvalue weighted by atomic mass is 32.2. The second-order valence-electron chi connectivity index (χ2n) is 5.54. The van der Waals surface area contributed by atoms with Crippen molar-refractivity contribution < 1.29 is 32.8 Å². The smallest absolute Gasteiger partial charge is 0.314 e. The molecule has 0 N–H and O–H groups in total. The van der Waals surface area contributed by atoms with Gasteiger partial charge in [0.25, 0.3) is 0 Å². The van der Waals surface area contributed by atoms with E-state index >= 15 is 0 Å². The topological polar surface area (TPSA) is 88.1 Å². The van der Waals surface area contributed by atoms with Crippen LogP contribution in [0.2, 0.25) is 0 Å². The van der Waals surface area contributed by atoms with E-state index in [1.54, 1.807) is 0 Å². The van der Waals surface area contributed by atoms with Crippen LogP contribution >= 0.6 is 12.0 Å². The number of hydrogen-bond acceptors (Lipinski definition) is 8. The van der Waals surface area contributed by atoms with Crippen molar-refractivity contribution in [3.8, 4) is 0 Å². The summed E-state index contributed by atoms with van der Waals surface area (Å²) in [7, 11) is 0. The van der Waals surface area contributed by atoms with E-state index in [1.807, 2.05) is 30.3 Å². The summed E-state index contributed by atoms with van der Waals surface area (Å²) in [6.07, 6.45) is -1.67. The lowest BCUT2D eigenvalue weighted by Crippen LogP contribution is -2.51. The van der Waals surface area contributed by atoms with Crippen molar-refractivity contribution >= 4 is 30.0 Å². The molecule has 1 fully saturated rings. The first-order chi connectivity index (χ1) is 11.9. The second kappa shape index (κ2) is 8.87. The molecule has 0 aliphatic carbocycles. The first-order valence-corrected chi connectivity index (χ1v) is 8.54. The molecule has 1 aliphatic rings. The van der Waals surface area contributed by atoms with Gasteiger partial charge in [-0.25, -0.2) is 0 Å². The second-order valence-corrected chi connectivity index (χ2v) is 6.36. The summed E-state index contributed by atoms with van der Waals surface area (Å²) in [5.41, 5.74) is 0.0963. The van der Waals surface area contributed by atoms with Crippen LogP contribution in [0.25, 0.3) is 0 Å². The summed E-state index contributed by atoms with van der Waals surface area (Å²) in [4.78, 5) is 34.2. The van der Waals surface area contributed by atoms with Crippen LogP contribution in [0.1, 0.15) is 32.3 Å². The van der Waals surface area contributed by atoms with Gasteiger partial charge in [0.05, 0.1) is 18.6 Å². The third-order valence-corrected chi connectivity index (χ3v) is 4.45. The van der Waals surface area contributed by atoms with Gasteiger partial charge in [-0.15, -0.1) is 0 Å². The van der Waals surface area contributed by atoms with Gasteiger partial charge in [-0.2, -0.15) is 0 Å². The number of ether oxygens (including phenoxy) is 3. The summed E-state index contributed by atoms with van der Waals surface area (Å²) in [5.74, 6) is -1.87. The molecular weight excluding hydrogens is 348 g/mol. The summed E-state index contributed by atoms with van der Waals surface area (Å²) >= 11 is 0.743. The van der Waals surface area contributed by atoms with Crippen LogP contribution in [-0.4, -0.2) is 42.2 Å². The fourth-order valence-corrected chi connectivity index (χ4v) is 3.30. The Bertz CT molecular complexity index is 619. The van der Waals surface area contributed by atoms with Crippen molar-refractivity contribution in [3.63, 3.8) is 0 Å². The minimum Gasteiger partial charge on any atom is -0.458 e. The summed E-state index contributed by atoms with van der Waals surface area (Å²) in [5, 5.41) is 0. The third-order valence-electron chi connectivity index (χ3n) is 3.52. The van der Waals surface area contributed by atoms with E-state index in [1.165, 1.54) is 20.8 Å². The van der Waals surface area contributed by atoms with E-state index in [-0.39, 0.29) is 12.5 Å². The molecule has 2 rings (SSSR count). The summed E-state index contributed by atoms with van der Waals surface area (Å²) in [6, 6.07) is 9.36. The molecule has 0 radical (unpaired) electrons. The highest BCUT2D eigenvalue weighted by Crippen LogP contribution is 2.37. The third kappa shape index (κ3) is 5.47. The van der Waals surface area contributed by atoms with Crippen molar-refractivity contribution in [2.24, 2.45) is 0 Å². The van der Waals surface area contributed by atoms with Crippen LogP contribution in [-0.2, 0) is 32.8 Å². The maximum absolute atomic E-state index is 11.6. The highest BCUT2D eigenvalue weighted by Gasteiger charge is 2.46. The fourth-order valence-electron chi connectivity index (χ4n) is 2.61. The van der Waals surface area contributed by atoms with Gasteiger partial charge in [-0.3, -0.25) is 14.4 Å². The SMILES string of the molecule is CC(=O)OS[C@@H]1OC[C@@H](c2ccccc2)[C@H](OC(C)=O)[C@H]1OC(C)=O. The van der Waals surface area contributed by atoms with Crippen molar-refractivity contribution in [3.05, 3.63) is 35.9 Å². The Labute approximate surface area is 150 Å². The standard InChI is InChI=1S/C17H20O7S/c1-10(18)22-15-14(13-7-5-4-6-8-13)9-21-17(25-24-12(3)20)16(15)23-11(2)19/h4-8,14-17H,9H2,1-3H3/t14-,15-,16+,17-/m0/s1. The van der Waals surface area contributed by atoms with Gasteiger partial charge >= 0.3 is 17.9 Å². The summed E-state index contributed by atoms with van der Waals surface area (Å²) < 4.78 is 21.5. The zero-order valence-electron chi connectivity index (χ0n) is 14.2. The predicted octanol–water partition coefficient (Wildman–Crippen LogP) is 2.20. The Morgan fingerprint density at radius 1 is 0.960 bits per heavy atom. The lowest BCUT2D eigenvalue weighted by molar-refractivity contribution is -0.187. The molecule has 136 valence electrons. The Morgan fingerprint density at radius 2 is 1.56 bits per heavy atom. The van der Waals surface area contributed by atoms with Gasteiger partial charge in [0.1, 0.15) is 0 Å². The fraction of sp³-hybridized carbons (Fsp3) is 0.471. The minimum absolute atomic E-state index is 0.221. The van der Waals surface area contributed by atoms with Gasteiger partial charge in [0, 0.05) is 26.7 Å². The largest absolute Gasteiger partial charge is 0.458 e. The number of rotatable bonds is 5. The van der Waals surface area contributed by atoms with Crippen LogP contribution in [0.5, 0.6) is 0 Å². The molecule has 1 heterocycles. The molecule has 8 heteroatoms. The molecule has 0 bridgehead atoms. The van der Waals surface area contributed by atoms with Gasteiger partial charge in [0.15, 0.2) is 17.6 Å². The molecule has 25 heavy (non-hydrogen) atoms. The van der Waals surface area contributed by atoms with Gasteiger partial charge in [-0.1, -0.05) is 30.3 Å². The molecule has 0 spiro atoms. The first kappa shape index (κ1) is 19.3. The molecule has 0 amide bonds. The average molecular weight is 368 g/mol. The van der Waals surface area contributed by atoms with Crippen molar-refractivity contribution in [2.75, 3.05) is 6.61 Å². The number of esters is 2. The molecule has 1 aliphatic heterocycles. The van der Waals surface area contributed by atoms with E-state index in [9.17, 15) is 14.4 Å². The lowest BCUT2D eigenvalue weighted by Gasteiger charge is -2.40. The van der Waals surface area contributed by atoms with E-state index in [0.29, 0.717) is 0 Å². The number of carbonyl (C=O) groups excluding carboxylic acids is 3. The molecule has 1 saturated heterocycles. The number of carbonyl (C=O) groups is 3. The Hall–Kier alpha value is -2.06.